The fraction of sp³-hybridized carbons (Fsp3) is 0.462. The predicted molar refractivity (Wildman–Crippen MR) is 73.0 cm³/mol. The molecule has 1 saturated heterocycles. The Morgan fingerprint density at radius 2 is 2.35 bits per heavy atom. The number of non-ortho nitro benzene ring substituents is 1. The summed E-state index contributed by atoms with van der Waals surface area (Å²) >= 11 is 0. The zero-order valence-electron chi connectivity index (χ0n) is 11.2. The molecule has 1 aromatic carbocycles. The molecule has 1 heterocycles. The minimum atomic E-state index is -0.519. The fourth-order valence-electron chi connectivity index (χ4n) is 2.22. The largest absolute Gasteiger partial charge is 0.496 e. The molecule has 1 amide bonds. The van der Waals surface area contributed by atoms with Crippen LogP contribution < -0.4 is 15.4 Å². The molecule has 1 aliphatic rings. The number of nitro benzene ring substituents is 1. The van der Waals surface area contributed by atoms with Crippen molar-refractivity contribution in [3.05, 3.63) is 33.9 Å². The monoisotopic (exact) mass is 279 g/mol. The molecule has 1 fully saturated rings. The molecule has 0 radical (unpaired) electrons. The quantitative estimate of drug-likeness (QED) is 0.635. The number of nitro groups is 1. The SMILES string of the molecule is COc1cc([N+](=O)[O-])ccc1C(=O)N[C@H]1CCCNC1. The molecule has 7 nitrogen and oxygen atoms in total. The summed E-state index contributed by atoms with van der Waals surface area (Å²) in [5, 5.41) is 16.8. The van der Waals surface area contributed by atoms with Gasteiger partial charge in [0.1, 0.15) is 5.75 Å². The van der Waals surface area contributed by atoms with Crippen LogP contribution in [0.5, 0.6) is 5.75 Å². The van der Waals surface area contributed by atoms with Gasteiger partial charge in [-0.15, -0.1) is 0 Å². The third-order valence-electron chi connectivity index (χ3n) is 3.27. The molecule has 2 N–H and O–H groups in total. The highest BCUT2D eigenvalue weighted by Gasteiger charge is 2.20. The van der Waals surface area contributed by atoms with Gasteiger partial charge in [0.25, 0.3) is 11.6 Å². The first-order valence-electron chi connectivity index (χ1n) is 6.46. The maximum atomic E-state index is 12.2. The molecule has 0 aromatic heterocycles. The van der Waals surface area contributed by atoms with Crippen molar-refractivity contribution in [2.75, 3.05) is 20.2 Å². The lowest BCUT2D eigenvalue weighted by molar-refractivity contribution is -0.384. The van der Waals surface area contributed by atoms with Gasteiger partial charge in [-0.1, -0.05) is 0 Å². The van der Waals surface area contributed by atoms with E-state index in [-0.39, 0.29) is 23.4 Å². The molecular formula is C13H17N3O4. The predicted octanol–water partition coefficient (Wildman–Crippen LogP) is 1.09. The van der Waals surface area contributed by atoms with Crippen molar-refractivity contribution in [1.82, 2.24) is 10.6 Å². The van der Waals surface area contributed by atoms with Gasteiger partial charge in [-0.3, -0.25) is 14.9 Å². The van der Waals surface area contributed by atoms with Gasteiger partial charge in [-0.05, 0) is 25.5 Å². The average molecular weight is 279 g/mol. The Bertz CT molecular complexity index is 512. The van der Waals surface area contributed by atoms with Crippen LogP contribution in [0.15, 0.2) is 18.2 Å². The number of amides is 1. The summed E-state index contributed by atoms with van der Waals surface area (Å²) in [6, 6.07) is 4.06. The van der Waals surface area contributed by atoms with Gasteiger partial charge in [0.05, 0.1) is 23.7 Å². The van der Waals surface area contributed by atoms with Gasteiger partial charge in [0.2, 0.25) is 0 Å². The zero-order valence-corrected chi connectivity index (χ0v) is 11.2. The lowest BCUT2D eigenvalue weighted by Crippen LogP contribution is -2.45. The van der Waals surface area contributed by atoms with Crippen molar-refractivity contribution in [3.63, 3.8) is 0 Å². The number of nitrogens with zero attached hydrogens (tertiary/aromatic N) is 1. The van der Waals surface area contributed by atoms with Crippen LogP contribution in [-0.4, -0.2) is 37.1 Å². The standard InChI is InChI=1S/C13H17N3O4/c1-20-12-7-10(16(18)19)4-5-11(12)13(17)15-9-3-2-6-14-8-9/h4-5,7,9,14H,2-3,6,8H2,1H3,(H,15,17)/t9-/m0/s1. The van der Waals surface area contributed by atoms with E-state index in [1.165, 1.54) is 25.3 Å². The summed E-state index contributed by atoms with van der Waals surface area (Å²) in [5.41, 5.74) is 0.210. The average Bonchev–Trinajstić information content (AvgIpc) is 2.47. The molecule has 0 saturated carbocycles. The van der Waals surface area contributed by atoms with E-state index in [0.29, 0.717) is 5.56 Å². The van der Waals surface area contributed by atoms with Gasteiger partial charge >= 0.3 is 0 Å². The van der Waals surface area contributed by atoms with Crippen LogP contribution in [-0.2, 0) is 0 Å². The first-order valence-corrected chi connectivity index (χ1v) is 6.46. The van der Waals surface area contributed by atoms with E-state index < -0.39 is 4.92 Å². The number of ether oxygens (including phenoxy) is 1. The number of nitrogens with one attached hydrogen (secondary N) is 2. The molecule has 0 aliphatic carbocycles. The number of carbonyl (C=O) groups excluding carboxylic acids is 1. The number of hydrogen-bond donors (Lipinski definition) is 2. The third-order valence-corrected chi connectivity index (χ3v) is 3.27. The minimum absolute atomic E-state index is 0.0798. The highest BCUT2D eigenvalue weighted by molar-refractivity contribution is 5.97. The van der Waals surface area contributed by atoms with Crippen molar-refractivity contribution in [1.29, 1.82) is 0 Å². The number of benzene rings is 1. The van der Waals surface area contributed by atoms with Crippen molar-refractivity contribution < 1.29 is 14.5 Å². The molecule has 1 aliphatic heterocycles. The second kappa shape index (κ2) is 6.33. The van der Waals surface area contributed by atoms with Crippen LogP contribution in [0.3, 0.4) is 0 Å². The van der Waals surface area contributed by atoms with Crippen LogP contribution >= 0.6 is 0 Å². The topological polar surface area (TPSA) is 93.5 Å². The van der Waals surface area contributed by atoms with Crippen molar-refractivity contribution in [2.45, 2.75) is 18.9 Å². The minimum Gasteiger partial charge on any atom is -0.496 e. The van der Waals surface area contributed by atoms with E-state index in [2.05, 4.69) is 10.6 Å². The Labute approximate surface area is 116 Å². The molecule has 1 aromatic rings. The third kappa shape index (κ3) is 3.24. The molecule has 7 heteroatoms. The second-order valence-electron chi connectivity index (χ2n) is 4.66. The Kier molecular flexibility index (Phi) is 4.52. The number of piperidine rings is 1. The van der Waals surface area contributed by atoms with Gasteiger partial charge in [0.15, 0.2) is 0 Å². The molecule has 0 bridgehead atoms. The summed E-state index contributed by atoms with van der Waals surface area (Å²) in [5.74, 6) is -0.0640. The zero-order chi connectivity index (χ0) is 14.5. The first-order chi connectivity index (χ1) is 9.61. The van der Waals surface area contributed by atoms with E-state index in [9.17, 15) is 14.9 Å². The Morgan fingerprint density at radius 3 is 2.95 bits per heavy atom. The van der Waals surface area contributed by atoms with E-state index in [1.807, 2.05) is 0 Å². The summed E-state index contributed by atoms with van der Waals surface area (Å²) in [6.45, 7) is 1.70. The Morgan fingerprint density at radius 1 is 1.55 bits per heavy atom. The lowest BCUT2D eigenvalue weighted by atomic mass is 10.1. The lowest BCUT2D eigenvalue weighted by Gasteiger charge is -2.24. The van der Waals surface area contributed by atoms with E-state index >= 15 is 0 Å². The van der Waals surface area contributed by atoms with Crippen molar-refractivity contribution in [3.8, 4) is 5.75 Å². The first kappa shape index (κ1) is 14.3. The molecule has 1 atom stereocenters. The van der Waals surface area contributed by atoms with Gasteiger partial charge in [0, 0.05) is 18.7 Å². The molecule has 0 unspecified atom stereocenters. The van der Waals surface area contributed by atoms with Crippen LogP contribution in [0.1, 0.15) is 23.2 Å². The second-order valence-corrected chi connectivity index (χ2v) is 4.66. The fourth-order valence-corrected chi connectivity index (χ4v) is 2.22. The smallest absolute Gasteiger partial charge is 0.273 e. The van der Waals surface area contributed by atoms with Crippen LogP contribution in [0.25, 0.3) is 0 Å². The number of hydrogen-bond acceptors (Lipinski definition) is 5. The summed E-state index contributed by atoms with van der Waals surface area (Å²) in [6.07, 6.45) is 1.94. The highest BCUT2D eigenvalue weighted by Crippen LogP contribution is 2.24. The maximum Gasteiger partial charge on any atom is 0.273 e. The number of methoxy groups -OCH3 is 1. The van der Waals surface area contributed by atoms with Crippen LogP contribution in [0, 0.1) is 10.1 Å². The summed E-state index contributed by atoms with van der Waals surface area (Å²) in [7, 11) is 1.39. The molecular weight excluding hydrogens is 262 g/mol. The van der Waals surface area contributed by atoms with Gasteiger partial charge < -0.3 is 15.4 Å². The van der Waals surface area contributed by atoms with E-state index in [4.69, 9.17) is 4.74 Å². The maximum absolute atomic E-state index is 12.2. The van der Waals surface area contributed by atoms with Crippen molar-refractivity contribution >= 4 is 11.6 Å². The van der Waals surface area contributed by atoms with Crippen LogP contribution in [0.2, 0.25) is 0 Å². The number of rotatable bonds is 4. The number of carbonyl (C=O) groups is 1. The summed E-state index contributed by atoms with van der Waals surface area (Å²) in [4.78, 5) is 22.4. The Hall–Kier alpha value is -2.15. The van der Waals surface area contributed by atoms with E-state index in [0.717, 1.165) is 25.9 Å². The molecule has 2 rings (SSSR count). The molecule has 108 valence electrons. The Balaban J connectivity index is 2.14. The van der Waals surface area contributed by atoms with Crippen molar-refractivity contribution in [2.24, 2.45) is 0 Å². The summed E-state index contributed by atoms with van der Waals surface area (Å²) < 4.78 is 5.07. The molecule has 0 spiro atoms. The molecule has 20 heavy (non-hydrogen) atoms. The normalized spacial score (nSPS) is 18.4. The van der Waals surface area contributed by atoms with Gasteiger partial charge in [-0.2, -0.15) is 0 Å². The van der Waals surface area contributed by atoms with E-state index in [1.54, 1.807) is 0 Å². The highest BCUT2D eigenvalue weighted by atomic mass is 16.6. The van der Waals surface area contributed by atoms with Crippen LogP contribution in [0.4, 0.5) is 5.69 Å². The van der Waals surface area contributed by atoms with Gasteiger partial charge in [-0.25, -0.2) is 0 Å².